The van der Waals surface area contributed by atoms with E-state index >= 15 is 0 Å². The Hall–Kier alpha value is -3.87. The van der Waals surface area contributed by atoms with Gasteiger partial charge in [0, 0.05) is 28.0 Å². The molecule has 0 saturated heterocycles. The molecule has 1 aliphatic heterocycles. The number of rotatable bonds is 6. The van der Waals surface area contributed by atoms with Crippen molar-refractivity contribution in [3.05, 3.63) is 82.1 Å². The van der Waals surface area contributed by atoms with Crippen LogP contribution in [0.15, 0.2) is 65.4 Å². The van der Waals surface area contributed by atoms with E-state index in [-0.39, 0.29) is 12.4 Å². The normalized spacial score (nSPS) is 17.1. The minimum atomic E-state index is -1.12. The summed E-state index contributed by atoms with van der Waals surface area (Å²) in [7, 11) is 0. The number of carbonyl (C=O) groups excluding carboxylic acids is 2. The first-order chi connectivity index (χ1) is 14.9. The molecule has 158 valence electrons. The number of allylic oxidation sites excluding steroid dienone is 2. The first-order valence-corrected chi connectivity index (χ1v) is 9.90. The molecule has 2 aliphatic rings. The van der Waals surface area contributed by atoms with Crippen LogP contribution in [0.1, 0.15) is 41.3 Å². The number of ether oxygens (including phenoxy) is 2. The molecule has 2 aromatic rings. The van der Waals surface area contributed by atoms with Crippen LogP contribution in [0, 0.1) is 0 Å². The highest BCUT2D eigenvalue weighted by Gasteiger charge is 2.43. The lowest BCUT2D eigenvalue weighted by atomic mass is 9.79. The predicted molar refractivity (Wildman–Crippen MR) is 112 cm³/mol. The maximum Gasteiger partial charge on any atom is 0.341 e. The van der Waals surface area contributed by atoms with Crippen LogP contribution >= 0.6 is 0 Å². The Labute approximate surface area is 179 Å². The van der Waals surface area contributed by atoms with Gasteiger partial charge in [0.1, 0.15) is 5.75 Å². The SMILES string of the molecule is CCOC(=O)C1=C(C)NC2=C(C(=O)c3ccccc32)[C@@H]1c1ccccc1OCC(=O)O. The van der Waals surface area contributed by atoms with Crippen molar-refractivity contribution < 1.29 is 29.0 Å². The molecule has 2 N–H and O–H groups in total. The molecule has 31 heavy (non-hydrogen) atoms. The highest BCUT2D eigenvalue weighted by Crippen LogP contribution is 2.48. The Morgan fingerprint density at radius 3 is 2.45 bits per heavy atom. The zero-order valence-corrected chi connectivity index (χ0v) is 17.1. The number of esters is 1. The molecule has 0 fully saturated rings. The lowest BCUT2D eigenvalue weighted by molar-refractivity contribution is -0.140. The maximum atomic E-state index is 13.4. The number of nitrogens with one attached hydrogen (secondary N) is 1. The molecule has 1 heterocycles. The zero-order chi connectivity index (χ0) is 22.1. The van der Waals surface area contributed by atoms with Crippen LogP contribution in [0.4, 0.5) is 0 Å². The Balaban J connectivity index is 1.91. The van der Waals surface area contributed by atoms with Crippen molar-refractivity contribution in [2.24, 2.45) is 0 Å². The van der Waals surface area contributed by atoms with Gasteiger partial charge in [-0.2, -0.15) is 0 Å². The number of carbonyl (C=O) groups is 3. The van der Waals surface area contributed by atoms with E-state index in [4.69, 9.17) is 14.6 Å². The zero-order valence-electron chi connectivity index (χ0n) is 17.1. The van der Waals surface area contributed by atoms with Gasteiger partial charge in [0.2, 0.25) is 0 Å². The third kappa shape index (κ3) is 3.48. The van der Waals surface area contributed by atoms with Crippen LogP contribution in [0.3, 0.4) is 0 Å². The van der Waals surface area contributed by atoms with Gasteiger partial charge in [-0.15, -0.1) is 0 Å². The number of aliphatic carboxylic acids is 1. The van der Waals surface area contributed by atoms with Crippen molar-refractivity contribution >= 4 is 23.4 Å². The second kappa shape index (κ2) is 8.10. The minimum Gasteiger partial charge on any atom is -0.482 e. The number of carboxylic acids is 1. The van der Waals surface area contributed by atoms with Gasteiger partial charge in [-0.1, -0.05) is 42.5 Å². The Kier molecular flexibility index (Phi) is 5.33. The van der Waals surface area contributed by atoms with E-state index in [1.54, 1.807) is 50.2 Å². The molecule has 2 aromatic carbocycles. The molecule has 0 aromatic heterocycles. The number of para-hydroxylation sites is 1. The summed E-state index contributed by atoms with van der Waals surface area (Å²) in [4.78, 5) is 37.4. The summed E-state index contributed by atoms with van der Waals surface area (Å²) in [6.45, 7) is 3.11. The molecule has 7 heteroatoms. The molecule has 1 aliphatic carbocycles. The number of Topliss-reactive ketones (excluding diaryl/α,β-unsaturated/α-hetero) is 1. The Morgan fingerprint density at radius 2 is 1.74 bits per heavy atom. The molecular weight excluding hydrogens is 398 g/mol. The van der Waals surface area contributed by atoms with E-state index in [1.807, 2.05) is 12.1 Å². The van der Waals surface area contributed by atoms with Crippen molar-refractivity contribution in [3.63, 3.8) is 0 Å². The van der Waals surface area contributed by atoms with Crippen molar-refractivity contribution in [3.8, 4) is 5.75 Å². The average molecular weight is 419 g/mol. The van der Waals surface area contributed by atoms with E-state index in [0.29, 0.717) is 39.4 Å². The number of ketones is 1. The van der Waals surface area contributed by atoms with Crippen LogP contribution in [-0.2, 0) is 14.3 Å². The highest BCUT2D eigenvalue weighted by atomic mass is 16.5. The van der Waals surface area contributed by atoms with Gasteiger partial charge in [-0.3, -0.25) is 4.79 Å². The van der Waals surface area contributed by atoms with Crippen molar-refractivity contribution in [2.45, 2.75) is 19.8 Å². The van der Waals surface area contributed by atoms with E-state index < -0.39 is 24.5 Å². The Bertz CT molecular complexity index is 1160. The average Bonchev–Trinajstić information content (AvgIpc) is 3.03. The molecule has 0 radical (unpaired) electrons. The topological polar surface area (TPSA) is 102 Å². The van der Waals surface area contributed by atoms with Gasteiger partial charge >= 0.3 is 11.9 Å². The molecule has 7 nitrogen and oxygen atoms in total. The molecule has 1 atom stereocenters. The highest BCUT2D eigenvalue weighted by molar-refractivity contribution is 6.23. The second-order valence-corrected chi connectivity index (χ2v) is 7.20. The number of fused-ring (bicyclic) bond motifs is 2. The summed E-state index contributed by atoms with van der Waals surface area (Å²) < 4.78 is 10.8. The van der Waals surface area contributed by atoms with Crippen LogP contribution < -0.4 is 10.1 Å². The fourth-order valence-electron chi connectivity index (χ4n) is 4.11. The predicted octanol–water partition coefficient (Wildman–Crippen LogP) is 3.28. The molecule has 4 rings (SSSR count). The van der Waals surface area contributed by atoms with Crippen molar-refractivity contribution in [1.29, 1.82) is 0 Å². The van der Waals surface area contributed by atoms with Crippen molar-refractivity contribution in [2.75, 3.05) is 13.2 Å². The second-order valence-electron chi connectivity index (χ2n) is 7.20. The summed E-state index contributed by atoms with van der Waals surface area (Å²) in [5.74, 6) is -2.32. The van der Waals surface area contributed by atoms with Gasteiger partial charge in [0.15, 0.2) is 12.4 Å². The molecule has 0 bridgehead atoms. The quantitative estimate of drug-likeness (QED) is 0.693. The molecule has 0 spiro atoms. The first kappa shape index (κ1) is 20.4. The monoisotopic (exact) mass is 419 g/mol. The summed E-state index contributed by atoms with van der Waals surface area (Å²) in [6.07, 6.45) is 0. The standard InChI is InChI=1S/C24H21NO6/c1-3-30-24(29)19-13(2)25-22-14-8-4-5-9-15(14)23(28)21(22)20(19)16-10-6-7-11-17(16)31-12-18(26)27/h4-11,20,25H,3,12H2,1-2H3,(H,26,27)/t20-/m1/s1. The number of hydrogen-bond acceptors (Lipinski definition) is 6. The minimum absolute atomic E-state index is 0.180. The van der Waals surface area contributed by atoms with Gasteiger partial charge in [-0.25, -0.2) is 9.59 Å². The lowest BCUT2D eigenvalue weighted by Crippen LogP contribution is -2.29. The first-order valence-electron chi connectivity index (χ1n) is 9.90. The third-order valence-electron chi connectivity index (χ3n) is 5.33. The van der Waals surface area contributed by atoms with Gasteiger partial charge in [0.25, 0.3) is 0 Å². The number of dihydropyridines is 1. The lowest BCUT2D eigenvalue weighted by Gasteiger charge is -2.30. The summed E-state index contributed by atoms with van der Waals surface area (Å²) in [5, 5.41) is 12.3. The largest absolute Gasteiger partial charge is 0.482 e. The fraction of sp³-hybridized carbons (Fsp3) is 0.208. The Morgan fingerprint density at radius 1 is 1.06 bits per heavy atom. The summed E-state index contributed by atoms with van der Waals surface area (Å²) in [5.41, 5.74) is 3.77. The van der Waals surface area contributed by atoms with E-state index in [2.05, 4.69) is 5.32 Å². The van der Waals surface area contributed by atoms with Crippen molar-refractivity contribution in [1.82, 2.24) is 5.32 Å². The smallest absolute Gasteiger partial charge is 0.341 e. The van der Waals surface area contributed by atoms with E-state index in [1.165, 1.54) is 0 Å². The van der Waals surface area contributed by atoms with Crippen LogP contribution in [0.25, 0.3) is 5.70 Å². The molecule has 0 unspecified atom stereocenters. The van der Waals surface area contributed by atoms with Gasteiger partial charge < -0.3 is 19.9 Å². The summed E-state index contributed by atoms with van der Waals surface area (Å²) in [6, 6.07) is 14.1. The number of hydrogen-bond donors (Lipinski definition) is 2. The van der Waals surface area contributed by atoms with Crippen LogP contribution in [0.5, 0.6) is 5.75 Å². The van der Waals surface area contributed by atoms with E-state index in [0.717, 1.165) is 5.56 Å². The van der Waals surface area contributed by atoms with Crippen LogP contribution in [-0.4, -0.2) is 36.0 Å². The maximum absolute atomic E-state index is 13.4. The molecule has 0 saturated carbocycles. The summed E-state index contributed by atoms with van der Waals surface area (Å²) >= 11 is 0. The van der Waals surface area contributed by atoms with Crippen LogP contribution in [0.2, 0.25) is 0 Å². The molecule has 0 amide bonds. The fourth-order valence-corrected chi connectivity index (χ4v) is 4.11. The number of carboxylic acid groups (broad SMARTS) is 1. The van der Waals surface area contributed by atoms with Gasteiger partial charge in [0.05, 0.1) is 23.8 Å². The molecular formula is C24H21NO6. The third-order valence-corrected chi connectivity index (χ3v) is 5.33. The van der Waals surface area contributed by atoms with E-state index in [9.17, 15) is 14.4 Å². The van der Waals surface area contributed by atoms with Gasteiger partial charge in [-0.05, 0) is 19.9 Å². The number of benzene rings is 2.